The average Bonchev–Trinajstić information content (AvgIpc) is 2.51. The molecule has 1 heterocycles. The number of nitrogen functional groups attached to an aromatic ring is 1. The normalized spacial score (nSPS) is 10.6. The van der Waals surface area contributed by atoms with Gasteiger partial charge in [0.2, 0.25) is 0 Å². The number of nitrogens with zero attached hydrogens (tertiary/aromatic N) is 2. The first-order chi connectivity index (χ1) is 10.1. The van der Waals surface area contributed by atoms with Crippen LogP contribution in [0.15, 0.2) is 54.7 Å². The number of pyridine rings is 1. The minimum absolute atomic E-state index is 0.742. The van der Waals surface area contributed by atoms with E-state index in [9.17, 15) is 0 Å². The molecular weight excluding hydrogens is 260 g/mol. The van der Waals surface area contributed by atoms with Crippen molar-refractivity contribution < 1.29 is 0 Å². The summed E-state index contributed by atoms with van der Waals surface area (Å²) in [7, 11) is 4.06. The molecule has 2 aromatic carbocycles. The lowest BCUT2D eigenvalue weighted by Crippen LogP contribution is -2.08. The van der Waals surface area contributed by atoms with Gasteiger partial charge < -0.3 is 16.0 Å². The second-order valence-corrected chi connectivity index (χ2v) is 5.17. The van der Waals surface area contributed by atoms with Crippen molar-refractivity contribution in [3.8, 4) is 0 Å². The Morgan fingerprint density at radius 3 is 2.48 bits per heavy atom. The molecule has 4 nitrogen and oxygen atoms in total. The summed E-state index contributed by atoms with van der Waals surface area (Å²) in [4.78, 5) is 6.51. The van der Waals surface area contributed by atoms with E-state index in [0.29, 0.717) is 0 Å². The van der Waals surface area contributed by atoms with Crippen molar-refractivity contribution in [2.75, 3.05) is 30.0 Å². The quantitative estimate of drug-likeness (QED) is 0.718. The van der Waals surface area contributed by atoms with Gasteiger partial charge in [-0.25, -0.2) is 0 Å². The molecule has 0 radical (unpaired) electrons. The molecule has 0 aliphatic rings. The van der Waals surface area contributed by atoms with E-state index in [4.69, 9.17) is 5.73 Å². The smallest absolute Gasteiger partial charge is 0.0957 e. The topological polar surface area (TPSA) is 54.2 Å². The van der Waals surface area contributed by atoms with E-state index in [-0.39, 0.29) is 0 Å². The van der Waals surface area contributed by atoms with Crippen molar-refractivity contribution in [1.29, 1.82) is 0 Å². The van der Waals surface area contributed by atoms with Gasteiger partial charge in [-0.2, -0.15) is 0 Å². The summed E-state index contributed by atoms with van der Waals surface area (Å²) in [6.07, 6.45) is 1.78. The van der Waals surface area contributed by atoms with Crippen molar-refractivity contribution >= 4 is 33.7 Å². The average molecular weight is 278 g/mol. The Labute approximate surface area is 124 Å². The van der Waals surface area contributed by atoms with E-state index in [2.05, 4.69) is 39.5 Å². The molecule has 4 heteroatoms. The van der Waals surface area contributed by atoms with Gasteiger partial charge in [-0.1, -0.05) is 0 Å². The molecule has 0 spiro atoms. The minimum Gasteiger partial charge on any atom is -0.398 e. The summed E-state index contributed by atoms with van der Waals surface area (Å²) in [5, 5.41) is 4.37. The largest absolute Gasteiger partial charge is 0.398 e. The van der Waals surface area contributed by atoms with Gasteiger partial charge in [0.25, 0.3) is 0 Å². The summed E-state index contributed by atoms with van der Waals surface area (Å²) in [5.41, 5.74) is 10.8. The zero-order chi connectivity index (χ0) is 14.8. The number of rotatable bonds is 3. The maximum Gasteiger partial charge on any atom is 0.0957 e. The monoisotopic (exact) mass is 278 g/mol. The van der Waals surface area contributed by atoms with Crippen LogP contribution in [0.3, 0.4) is 0 Å². The number of nitrogens with two attached hydrogens (primary N) is 1. The highest BCUT2D eigenvalue weighted by atomic mass is 15.1. The molecule has 3 rings (SSSR count). The summed E-state index contributed by atoms with van der Waals surface area (Å²) in [6.45, 7) is 0. The predicted molar refractivity (Wildman–Crippen MR) is 90.2 cm³/mol. The highest BCUT2D eigenvalue weighted by Crippen LogP contribution is 2.29. The molecule has 0 saturated heterocycles. The first kappa shape index (κ1) is 13.2. The van der Waals surface area contributed by atoms with E-state index in [1.165, 1.54) is 5.69 Å². The molecular formula is C17H18N4. The van der Waals surface area contributed by atoms with Crippen molar-refractivity contribution in [3.05, 3.63) is 54.7 Å². The summed E-state index contributed by atoms with van der Waals surface area (Å²) in [6, 6.07) is 16.0. The Balaban J connectivity index is 1.96. The van der Waals surface area contributed by atoms with E-state index < -0.39 is 0 Å². The van der Waals surface area contributed by atoms with Gasteiger partial charge in [-0.3, -0.25) is 4.98 Å². The van der Waals surface area contributed by atoms with Crippen LogP contribution in [0, 0.1) is 0 Å². The molecule has 0 bridgehead atoms. The Morgan fingerprint density at radius 2 is 1.76 bits per heavy atom. The second-order valence-electron chi connectivity index (χ2n) is 5.17. The lowest BCUT2D eigenvalue weighted by atomic mass is 10.1. The fourth-order valence-electron chi connectivity index (χ4n) is 2.29. The van der Waals surface area contributed by atoms with Crippen LogP contribution < -0.4 is 16.0 Å². The third-order valence-electron chi connectivity index (χ3n) is 3.47. The molecule has 3 N–H and O–H groups in total. The van der Waals surface area contributed by atoms with Crippen molar-refractivity contribution in [3.63, 3.8) is 0 Å². The van der Waals surface area contributed by atoms with Gasteiger partial charge in [0.1, 0.15) is 0 Å². The van der Waals surface area contributed by atoms with Crippen LogP contribution in [0.2, 0.25) is 0 Å². The van der Waals surface area contributed by atoms with Crippen molar-refractivity contribution in [2.24, 2.45) is 0 Å². The molecule has 0 unspecified atom stereocenters. The van der Waals surface area contributed by atoms with Crippen molar-refractivity contribution in [1.82, 2.24) is 4.98 Å². The van der Waals surface area contributed by atoms with Crippen LogP contribution in [0.5, 0.6) is 0 Å². The van der Waals surface area contributed by atoms with Crippen LogP contribution in [-0.4, -0.2) is 19.1 Å². The second kappa shape index (κ2) is 5.32. The standard InChI is InChI=1S/C17H18N4/c1-21(2)13-7-5-12(6-8-13)20-16-10-9-15(18)14-4-3-11-19-17(14)16/h3-11,20H,18H2,1-2H3. The molecule has 0 amide bonds. The van der Waals surface area contributed by atoms with Gasteiger partial charge in [0, 0.05) is 42.7 Å². The van der Waals surface area contributed by atoms with E-state index >= 15 is 0 Å². The highest BCUT2D eigenvalue weighted by Gasteiger charge is 2.05. The zero-order valence-electron chi connectivity index (χ0n) is 12.2. The number of aromatic nitrogens is 1. The summed E-state index contributed by atoms with van der Waals surface area (Å²) < 4.78 is 0. The molecule has 106 valence electrons. The van der Waals surface area contributed by atoms with E-state index in [0.717, 1.165) is 28.0 Å². The molecule has 0 saturated carbocycles. The number of hydrogen-bond donors (Lipinski definition) is 2. The Hall–Kier alpha value is -2.75. The lowest BCUT2D eigenvalue weighted by Gasteiger charge is -2.14. The zero-order valence-corrected chi connectivity index (χ0v) is 12.2. The molecule has 3 aromatic rings. The van der Waals surface area contributed by atoms with Crippen LogP contribution >= 0.6 is 0 Å². The fourth-order valence-corrected chi connectivity index (χ4v) is 2.29. The van der Waals surface area contributed by atoms with Crippen LogP contribution in [0.25, 0.3) is 10.9 Å². The van der Waals surface area contributed by atoms with Gasteiger partial charge in [0.15, 0.2) is 0 Å². The van der Waals surface area contributed by atoms with Gasteiger partial charge in [-0.05, 0) is 48.5 Å². The van der Waals surface area contributed by atoms with Crippen LogP contribution in [0.4, 0.5) is 22.7 Å². The lowest BCUT2D eigenvalue weighted by molar-refractivity contribution is 1.13. The van der Waals surface area contributed by atoms with E-state index in [1.807, 2.05) is 38.4 Å². The SMILES string of the molecule is CN(C)c1ccc(Nc2ccc(N)c3cccnc23)cc1. The Morgan fingerprint density at radius 1 is 1.00 bits per heavy atom. The highest BCUT2D eigenvalue weighted by molar-refractivity contribution is 5.99. The minimum atomic E-state index is 0.742. The van der Waals surface area contributed by atoms with Crippen LogP contribution in [0.1, 0.15) is 0 Å². The number of benzene rings is 2. The summed E-state index contributed by atoms with van der Waals surface area (Å²) in [5.74, 6) is 0. The first-order valence-corrected chi connectivity index (χ1v) is 6.83. The molecule has 1 aromatic heterocycles. The molecule has 0 aliphatic heterocycles. The van der Waals surface area contributed by atoms with Crippen molar-refractivity contribution in [2.45, 2.75) is 0 Å². The fraction of sp³-hybridized carbons (Fsp3) is 0.118. The Kier molecular flexibility index (Phi) is 3.36. The molecule has 0 aliphatic carbocycles. The number of nitrogens with one attached hydrogen (secondary N) is 1. The number of anilines is 4. The third-order valence-corrected chi connectivity index (χ3v) is 3.47. The van der Waals surface area contributed by atoms with Gasteiger partial charge in [-0.15, -0.1) is 0 Å². The number of fused-ring (bicyclic) bond motifs is 1. The number of hydrogen-bond acceptors (Lipinski definition) is 4. The van der Waals surface area contributed by atoms with E-state index in [1.54, 1.807) is 6.20 Å². The third kappa shape index (κ3) is 2.60. The molecule has 0 atom stereocenters. The maximum atomic E-state index is 6.00. The Bertz CT molecular complexity index is 763. The van der Waals surface area contributed by atoms with Gasteiger partial charge >= 0.3 is 0 Å². The summed E-state index contributed by atoms with van der Waals surface area (Å²) >= 11 is 0. The molecule has 0 fully saturated rings. The first-order valence-electron chi connectivity index (χ1n) is 6.83. The predicted octanol–water partition coefficient (Wildman–Crippen LogP) is 3.63. The van der Waals surface area contributed by atoms with Crippen LogP contribution in [-0.2, 0) is 0 Å². The maximum absolute atomic E-state index is 6.00. The van der Waals surface area contributed by atoms with Gasteiger partial charge in [0.05, 0.1) is 11.2 Å². The molecule has 21 heavy (non-hydrogen) atoms.